The Morgan fingerprint density at radius 1 is 1.39 bits per heavy atom. The number of halogens is 1. The van der Waals surface area contributed by atoms with Crippen LogP contribution in [0.1, 0.15) is 37.7 Å². The number of aliphatic imine (C=N–C) groups is 1. The molecule has 1 N–H and O–H groups in total. The molecule has 0 atom stereocenters. The van der Waals surface area contributed by atoms with Crippen molar-refractivity contribution in [1.29, 1.82) is 0 Å². The average Bonchev–Trinajstić information content (AvgIpc) is 3.04. The second-order valence-electron chi connectivity index (χ2n) is 6.09. The number of ether oxygens (including phenoxy) is 1. The normalized spacial score (nSPS) is 15.9. The Bertz CT molecular complexity index is 501. The van der Waals surface area contributed by atoms with Gasteiger partial charge >= 0.3 is 0 Å². The monoisotopic (exact) mass is 321 g/mol. The molecule has 1 aliphatic rings. The summed E-state index contributed by atoms with van der Waals surface area (Å²) < 4.78 is 19.1. The summed E-state index contributed by atoms with van der Waals surface area (Å²) >= 11 is 0. The second kappa shape index (κ2) is 9.50. The number of benzene rings is 1. The van der Waals surface area contributed by atoms with Gasteiger partial charge in [-0.3, -0.25) is 4.99 Å². The zero-order valence-electron chi connectivity index (χ0n) is 14.2. The molecule has 0 unspecified atom stereocenters. The van der Waals surface area contributed by atoms with Crippen molar-refractivity contribution in [2.75, 3.05) is 27.2 Å². The van der Waals surface area contributed by atoms with Gasteiger partial charge in [0.1, 0.15) is 5.82 Å². The smallest absolute Gasteiger partial charge is 0.193 e. The van der Waals surface area contributed by atoms with Gasteiger partial charge in [0.25, 0.3) is 0 Å². The molecule has 0 spiro atoms. The van der Waals surface area contributed by atoms with Crippen molar-refractivity contribution in [3.8, 4) is 0 Å². The first-order chi connectivity index (χ1) is 11.2. The third-order valence-corrected chi connectivity index (χ3v) is 4.14. The highest BCUT2D eigenvalue weighted by Gasteiger charge is 2.14. The van der Waals surface area contributed by atoms with Gasteiger partial charge in [-0.2, -0.15) is 0 Å². The Morgan fingerprint density at radius 2 is 2.17 bits per heavy atom. The van der Waals surface area contributed by atoms with E-state index in [0.717, 1.165) is 31.1 Å². The first-order valence-electron chi connectivity index (χ1n) is 8.47. The van der Waals surface area contributed by atoms with Gasteiger partial charge in [-0.25, -0.2) is 4.39 Å². The molecule has 23 heavy (non-hydrogen) atoms. The lowest BCUT2D eigenvalue weighted by atomic mass is 10.2. The largest absolute Gasteiger partial charge is 0.378 e. The van der Waals surface area contributed by atoms with Gasteiger partial charge in [-0.1, -0.05) is 25.0 Å². The molecule has 1 aromatic carbocycles. The van der Waals surface area contributed by atoms with E-state index >= 15 is 0 Å². The Balaban J connectivity index is 1.67. The van der Waals surface area contributed by atoms with E-state index in [4.69, 9.17) is 4.74 Å². The van der Waals surface area contributed by atoms with Crippen molar-refractivity contribution in [2.45, 2.75) is 44.8 Å². The fourth-order valence-corrected chi connectivity index (χ4v) is 2.95. The summed E-state index contributed by atoms with van der Waals surface area (Å²) in [5, 5.41) is 3.33. The van der Waals surface area contributed by atoms with E-state index in [-0.39, 0.29) is 5.82 Å². The van der Waals surface area contributed by atoms with Gasteiger partial charge < -0.3 is 15.0 Å². The first kappa shape index (κ1) is 17.7. The van der Waals surface area contributed by atoms with Crippen LogP contribution in [0.15, 0.2) is 29.3 Å². The fraction of sp³-hybridized carbons (Fsp3) is 0.611. The minimum Gasteiger partial charge on any atom is -0.378 e. The predicted molar refractivity (Wildman–Crippen MR) is 92.1 cm³/mol. The zero-order chi connectivity index (χ0) is 16.5. The van der Waals surface area contributed by atoms with Crippen molar-refractivity contribution in [1.82, 2.24) is 10.2 Å². The van der Waals surface area contributed by atoms with E-state index in [1.807, 2.05) is 18.0 Å². The summed E-state index contributed by atoms with van der Waals surface area (Å²) in [7, 11) is 3.72. The molecule has 0 amide bonds. The summed E-state index contributed by atoms with van der Waals surface area (Å²) in [6.07, 6.45) is 6.48. The third kappa shape index (κ3) is 6.18. The quantitative estimate of drug-likeness (QED) is 0.476. The molecule has 0 heterocycles. The zero-order valence-corrected chi connectivity index (χ0v) is 14.2. The van der Waals surface area contributed by atoms with Gasteiger partial charge in [0.15, 0.2) is 5.96 Å². The lowest BCUT2D eigenvalue weighted by Crippen LogP contribution is -2.39. The Hall–Kier alpha value is -1.62. The Labute approximate surface area is 138 Å². The van der Waals surface area contributed by atoms with Crippen molar-refractivity contribution in [3.05, 3.63) is 35.6 Å². The van der Waals surface area contributed by atoms with E-state index in [0.29, 0.717) is 12.6 Å². The molecule has 0 radical (unpaired) electrons. The van der Waals surface area contributed by atoms with Gasteiger partial charge in [0, 0.05) is 33.8 Å². The van der Waals surface area contributed by atoms with Crippen molar-refractivity contribution in [3.63, 3.8) is 0 Å². The van der Waals surface area contributed by atoms with Crippen LogP contribution in [0, 0.1) is 5.82 Å². The van der Waals surface area contributed by atoms with E-state index in [2.05, 4.69) is 10.3 Å². The fourth-order valence-electron chi connectivity index (χ4n) is 2.95. The number of hydrogen-bond donors (Lipinski definition) is 1. The van der Waals surface area contributed by atoms with E-state index in [1.165, 1.54) is 31.7 Å². The summed E-state index contributed by atoms with van der Waals surface area (Å²) in [5.74, 6) is 0.609. The maximum absolute atomic E-state index is 13.2. The highest BCUT2D eigenvalue weighted by molar-refractivity contribution is 5.79. The minimum atomic E-state index is -0.206. The topological polar surface area (TPSA) is 36.9 Å². The summed E-state index contributed by atoms with van der Waals surface area (Å²) in [6, 6.07) is 6.66. The molecule has 2 rings (SSSR count). The molecule has 4 nitrogen and oxygen atoms in total. The van der Waals surface area contributed by atoms with E-state index in [1.54, 1.807) is 19.2 Å². The van der Waals surface area contributed by atoms with E-state index < -0.39 is 0 Å². The van der Waals surface area contributed by atoms with Crippen molar-refractivity contribution < 1.29 is 9.13 Å². The molecule has 0 aliphatic heterocycles. The number of rotatable bonds is 7. The van der Waals surface area contributed by atoms with Crippen LogP contribution < -0.4 is 5.32 Å². The van der Waals surface area contributed by atoms with Gasteiger partial charge in [0.05, 0.1) is 6.10 Å². The molecule has 0 saturated heterocycles. The molecule has 0 bridgehead atoms. The standard InChI is InChI=1S/C18H28FN3O/c1-20-18(21-11-6-12-23-17-9-3-4-10-17)22(2)14-15-7-5-8-16(19)13-15/h5,7-8,13,17H,3-4,6,9-12,14H2,1-2H3,(H,20,21). The minimum absolute atomic E-state index is 0.206. The van der Waals surface area contributed by atoms with Crippen LogP contribution in [-0.4, -0.2) is 44.2 Å². The molecular weight excluding hydrogens is 293 g/mol. The Kier molecular flexibility index (Phi) is 7.33. The Morgan fingerprint density at radius 3 is 2.87 bits per heavy atom. The summed E-state index contributed by atoms with van der Waals surface area (Å²) in [5.41, 5.74) is 0.931. The van der Waals surface area contributed by atoms with Crippen LogP contribution in [-0.2, 0) is 11.3 Å². The number of hydrogen-bond acceptors (Lipinski definition) is 2. The lowest BCUT2D eigenvalue weighted by Gasteiger charge is -2.22. The maximum Gasteiger partial charge on any atom is 0.193 e. The highest BCUT2D eigenvalue weighted by Crippen LogP contribution is 2.20. The first-order valence-corrected chi connectivity index (χ1v) is 8.47. The second-order valence-corrected chi connectivity index (χ2v) is 6.09. The summed E-state index contributed by atoms with van der Waals surface area (Å²) in [4.78, 5) is 6.27. The third-order valence-electron chi connectivity index (χ3n) is 4.14. The molecular formula is C18H28FN3O. The highest BCUT2D eigenvalue weighted by atomic mass is 19.1. The van der Waals surface area contributed by atoms with Crippen LogP contribution in [0.4, 0.5) is 4.39 Å². The van der Waals surface area contributed by atoms with Crippen LogP contribution in [0.2, 0.25) is 0 Å². The molecule has 1 aliphatic carbocycles. The summed E-state index contributed by atoms with van der Waals surface area (Å²) in [6.45, 7) is 2.24. The van der Waals surface area contributed by atoms with Gasteiger partial charge in [-0.15, -0.1) is 0 Å². The van der Waals surface area contributed by atoms with Crippen molar-refractivity contribution >= 4 is 5.96 Å². The van der Waals surface area contributed by atoms with Gasteiger partial charge in [-0.05, 0) is 37.0 Å². The molecule has 1 saturated carbocycles. The lowest BCUT2D eigenvalue weighted by molar-refractivity contribution is 0.0573. The van der Waals surface area contributed by atoms with Crippen molar-refractivity contribution in [2.24, 2.45) is 4.99 Å². The van der Waals surface area contributed by atoms with Gasteiger partial charge in [0.2, 0.25) is 0 Å². The van der Waals surface area contributed by atoms with Crippen LogP contribution in [0.25, 0.3) is 0 Å². The number of nitrogens with zero attached hydrogens (tertiary/aromatic N) is 2. The van der Waals surface area contributed by atoms with Crippen LogP contribution in [0.3, 0.4) is 0 Å². The number of nitrogens with one attached hydrogen (secondary N) is 1. The molecule has 0 aromatic heterocycles. The van der Waals surface area contributed by atoms with E-state index in [9.17, 15) is 4.39 Å². The van der Waals surface area contributed by atoms with Crippen LogP contribution in [0.5, 0.6) is 0 Å². The molecule has 128 valence electrons. The SMILES string of the molecule is CN=C(NCCCOC1CCCC1)N(C)Cc1cccc(F)c1. The predicted octanol–water partition coefficient (Wildman–Crippen LogP) is 3.18. The molecule has 1 aromatic rings. The number of guanidine groups is 1. The van der Waals surface area contributed by atoms with Crippen LogP contribution >= 0.6 is 0 Å². The molecule has 1 fully saturated rings. The molecule has 5 heteroatoms. The maximum atomic E-state index is 13.2. The average molecular weight is 321 g/mol.